The molecule has 3 aromatic rings. The van der Waals surface area contributed by atoms with E-state index in [1.54, 1.807) is 0 Å². The second-order valence-corrected chi connectivity index (χ2v) is 8.30. The Balaban J connectivity index is 0.000000481. The smallest absolute Gasteiger partial charge is 0.414 e. The number of carbonyl (C=O) groups is 2. The van der Waals surface area contributed by atoms with Crippen LogP contribution in [0.1, 0.15) is 11.1 Å². The van der Waals surface area contributed by atoms with Gasteiger partial charge in [-0.15, -0.1) is 0 Å². The van der Waals surface area contributed by atoms with Crippen LogP contribution >= 0.6 is 0 Å². The molecule has 1 aromatic heterocycles. The Morgan fingerprint density at radius 3 is 2.21 bits per heavy atom. The van der Waals surface area contributed by atoms with E-state index in [2.05, 4.69) is 46.8 Å². The Kier molecular flexibility index (Phi) is 8.50. The lowest BCUT2D eigenvalue weighted by Gasteiger charge is -2.38. The van der Waals surface area contributed by atoms with Crippen LogP contribution in [0.3, 0.4) is 0 Å². The van der Waals surface area contributed by atoms with Gasteiger partial charge >= 0.3 is 11.9 Å². The Labute approximate surface area is 198 Å². The quantitative estimate of drug-likeness (QED) is 0.406. The third-order valence-electron chi connectivity index (χ3n) is 5.77. The molecule has 0 saturated carbocycles. The minimum Gasteiger partial charge on any atom is -0.490 e. The van der Waals surface area contributed by atoms with Gasteiger partial charge in [0, 0.05) is 55.5 Å². The first kappa shape index (κ1) is 25.1. The normalized spacial score (nSPS) is 14.9. The van der Waals surface area contributed by atoms with E-state index in [0.717, 1.165) is 42.8 Å². The van der Waals surface area contributed by atoms with Crippen LogP contribution in [0.4, 0.5) is 5.69 Å². The maximum Gasteiger partial charge on any atom is 0.414 e. The number of hydrogen-bond donors (Lipinski definition) is 4. The molecule has 0 aliphatic carbocycles. The van der Waals surface area contributed by atoms with Crippen molar-refractivity contribution in [3.63, 3.8) is 0 Å². The number of ether oxygens (including phenoxy) is 1. The second kappa shape index (κ2) is 11.5. The lowest BCUT2D eigenvalue weighted by Crippen LogP contribution is -2.49. The number of nitrogens with zero attached hydrogens (tertiary/aromatic N) is 2. The molecule has 1 fully saturated rings. The van der Waals surface area contributed by atoms with Crippen LogP contribution in [0.25, 0.3) is 10.9 Å². The van der Waals surface area contributed by atoms with Crippen molar-refractivity contribution in [2.75, 3.05) is 44.2 Å². The average molecular weight is 470 g/mol. The molecule has 34 heavy (non-hydrogen) atoms. The monoisotopic (exact) mass is 469 g/mol. The van der Waals surface area contributed by atoms with E-state index in [-0.39, 0.29) is 0 Å². The molecule has 1 aliphatic heterocycles. The van der Waals surface area contributed by atoms with Crippen molar-refractivity contribution in [2.45, 2.75) is 20.0 Å². The van der Waals surface area contributed by atoms with Gasteiger partial charge < -0.3 is 29.9 Å². The summed E-state index contributed by atoms with van der Waals surface area (Å²) in [4.78, 5) is 26.2. The highest BCUT2D eigenvalue weighted by atomic mass is 16.5. The first-order valence-electron chi connectivity index (χ1n) is 11.1. The Hall–Kier alpha value is -3.56. The van der Waals surface area contributed by atoms with Crippen molar-refractivity contribution < 1.29 is 29.6 Å². The van der Waals surface area contributed by atoms with Crippen molar-refractivity contribution in [3.8, 4) is 5.75 Å². The summed E-state index contributed by atoms with van der Waals surface area (Å²) < 4.78 is 5.90. The van der Waals surface area contributed by atoms with Crippen LogP contribution in [0.5, 0.6) is 5.75 Å². The molecular weight excluding hydrogens is 438 g/mol. The van der Waals surface area contributed by atoms with Gasteiger partial charge in [0.05, 0.1) is 0 Å². The van der Waals surface area contributed by atoms with E-state index < -0.39 is 18.0 Å². The highest BCUT2D eigenvalue weighted by Crippen LogP contribution is 2.26. The molecule has 0 radical (unpaired) electrons. The first-order valence-corrected chi connectivity index (χ1v) is 11.1. The fourth-order valence-electron chi connectivity index (χ4n) is 4.18. The number of para-hydroxylation sites is 1. The third-order valence-corrected chi connectivity index (χ3v) is 5.77. The Bertz CT molecular complexity index is 1090. The Morgan fingerprint density at radius 1 is 0.971 bits per heavy atom. The van der Waals surface area contributed by atoms with Crippen molar-refractivity contribution in [1.82, 2.24) is 9.88 Å². The number of aryl methyl sites for hydroxylation is 2. The van der Waals surface area contributed by atoms with Crippen LogP contribution in [0.15, 0.2) is 48.7 Å². The number of aliphatic hydroxyl groups excluding tert-OH is 1. The zero-order chi connectivity index (χ0) is 24.7. The van der Waals surface area contributed by atoms with E-state index in [1.165, 1.54) is 16.8 Å². The number of benzene rings is 2. The van der Waals surface area contributed by atoms with Crippen LogP contribution in [-0.2, 0) is 9.59 Å². The maximum absolute atomic E-state index is 10.5. The molecule has 182 valence electrons. The summed E-state index contributed by atoms with van der Waals surface area (Å²) in [6.45, 7) is 9.20. The number of aromatic nitrogens is 1. The third kappa shape index (κ3) is 6.49. The summed E-state index contributed by atoms with van der Waals surface area (Å²) in [5.74, 6) is -2.83. The van der Waals surface area contributed by atoms with Crippen molar-refractivity contribution >= 4 is 28.5 Å². The number of β-amino-alcohol motifs (C(OH)–C–C–N with tert-alkyl or cyclic N) is 1. The van der Waals surface area contributed by atoms with Gasteiger partial charge in [0.15, 0.2) is 0 Å². The molecule has 1 saturated heterocycles. The molecule has 2 aromatic carbocycles. The summed E-state index contributed by atoms with van der Waals surface area (Å²) in [5, 5.41) is 26.3. The summed E-state index contributed by atoms with van der Waals surface area (Å²) in [7, 11) is 0. The molecule has 1 atom stereocenters. The molecule has 4 N–H and O–H groups in total. The number of carboxylic acids is 2. The number of hydrogen-bond acceptors (Lipinski definition) is 6. The number of anilines is 1. The number of fused-ring (bicyclic) bond motifs is 1. The van der Waals surface area contributed by atoms with Gasteiger partial charge in [-0.2, -0.15) is 0 Å². The van der Waals surface area contributed by atoms with Crippen molar-refractivity contribution in [3.05, 3.63) is 59.8 Å². The number of aromatic amines is 1. The summed E-state index contributed by atoms with van der Waals surface area (Å²) in [6, 6.07) is 14.4. The summed E-state index contributed by atoms with van der Waals surface area (Å²) in [6.07, 6.45) is 1.41. The maximum atomic E-state index is 10.5. The number of aliphatic hydroxyl groups is 1. The standard InChI is InChI=1S/C23H29N3O2.C2H2O4/c1-17-5-3-6-18(2)23(17)26-13-11-25(12-14-26)15-19(27)16-28-22-8-4-7-21-20(22)9-10-24-21;3-1(4)2(5)6/h3-10,19,24,27H,11-16H2,1-2H3;(H,3,4)(H,5,6)/t19-;/m0./s1. The molecule has 4 rings (SSSR count). The molecule has 0 amide bonds. The van der Waals surface area contributed by atoms with Gasteiger partial charge in [0.2, 0.25) is 0 Å². The highest BCUT2D eigenvalue weighted by Gasteiger charge is 2.21. The molecule has 9 heteroatoms. The van der Waals surface area contributed by atoms with Gasteiger partial charge in [0.25, 0.3) is 0 Å². The number of nitrogens with one attached hydrogen (secondary N) is 1. The van der Waals surface area contributed by atoms with E-state index in [1.807, 2.05) is 30.5 Å². The predicted molar refractivity (Wildman–Crippen MR) is 130 cm³/mol. The largest absolute Gasteiger partial charge is 0.490 e. The van der Waals surface area contributed by atoms with Crippen LogP contribution < -0.4 is 9.64 Å². The SMILES string of the molecule is Cc1cccc(C)c1N1CCN(C[C@H](O)COc2cccc3[nH]ccc23)CC1.O=C(O)C(=O)O. The summed E-state index contributed by atoms with van der Waals surface area (Å²) >= 11 is 0. The van der Waals surface area contributed by atoms with Crippen molar-refractivity contribution in [1.29, 1.82) is 0 Å². The van der Waals surface area contributed by atoms with E-state index >= 15 is 0 Å². The molecular formula is C25H31N3O6. The lowest BCUT2D eigenvalue weighted by atomic mass is 10.1. The topological polar surface area (TPSA) is 126 Å². The van der Waals surface area contributed by atoms with Crippen LogP contribution in [0.2, 0.25) is 0 Å². The van der Waals surface area contributed by atoms with E-state index in [9.17, 15) is 5.11 Å². The fourth-order valence-corrected chi connectivity index (χ4v) is 4.18. The minimum absolute atomic E-state index is 0.307. The van der Waals surface area contributed by atoms with Gasteiger partial charge in [-0.1, -0.05) is 24.3 Å². The molecule has 0 unspecified atom stereocenters. The minimum atomic E-state index is -1.82. The lowest BCUT2D eigenvalue weighted by molar-refractivity contribution is -0.159. The molecule has 1 aliphatic rings. The number of aliphatic carboxylic acids is 2. The van der Waals surface area contributed by atoms with Crippen LogP contribution in [-0.4, -0.2) is 82.6 Å². The van der Waals surface area contributed by atoms with Gasteiger partial charge in [-0.05, 0) is 43.2 Å². The predicted octanol–water partition coefficient (Wildman–Crippen LogP) is 2.50. The summed E-state index contributed by atoms with van der Waals surface area (Å²) in [5.41, 5.74) is 5.09. The zero-order valence-electron chi connectivity index (χ0n) is 19.4. The second-order valence-electron chi connectivity index (χ2n) is 8.30. The zero-order valence-corrected chi connectivity index (χ0v) is 19.4. The van der Waals surface area contributed by atoms with Crippen LogP contribution in [0, 0.1) is 13.8 Å². The number of piperazine rings is 1. The number of carboxylic acid groups (broad SMARTS) is 2. The average Bonchev–Trinajstić information content (AvgIpc) is 3.28. The number of rotatable bonds is 6. The first-order chi connectivity index (χ1) is 16.3. The Morgan fingerprint density at radius 2 is 1.59 bits per heavy atom. The van der Waals surface area contributed by atoms with E-state index in [0.29, 0.717) is 13.2 Å². The fraction of sp³-hybridized carbons (Fsp3) is 0.360. The van der Waals surface area contributed by atoms with Gasteiger partial charge in [0.1, 0.15) is 18.5 Å². The molecule has 0 spiro atoms. The molecule has 0 bridgehead atoms. The molecule has 2 heterocycles. The number of H-pyrrole nitrogens is 1. The van der Waals surface area contributed by atoms with Crippen molar-refractivity contribution in [2.24, 2.45) is 0 Å². The highest BCUT2D eigenvalue weighted by molar-refractivity contribution is 6.27. The molecule has 9 nitrogen and oxygen atoms in total. The van der Waals surface area contributed by atoms with Gasteiger partial charge in [-0.25, -0.2) is 9.59 Å². The van der Waals surface area contributed by atoms with Gasteiger partial charge in [-0.3, -0.25) is 4.90 Å². The van der Waals surface area contributed by atoms with E-state index in [4.69, 9.17) is 24.5 Å².